The van der Waals surface area contributed by atoms with Gasteiger partial charge in [0.15, 0.2) is 0 Å². The summed E-state index contributed by atoms with van der Waals surface area (Å²) in [4.78, 5) is 5.32. The summed E-state index contributed by atoms with van der Waals surface area (Å²) in [6.07, 6.45) is 0. The molecule has 114 valence electrons. The molecule has 2 aromatic rings. The van der Waals surface area contributed by atoms with Crippen molar-refractivity contribution in [2.75, 3.05) is 18.0 Å². The van der Waals surface area contributed by atoms with Crippen LogP contribution < -0.4 is 10.2 Å². The molecule has 1 aromatic carbocycles. The predicted molar refractivity (Wildman–Crippen MR) is 94.3 cm³/mol. The van der Waals surface area contributed by atoms with Crippen molar-refractivity contribution in [1.82, 2.24) is 5.32 Å². The highest BCUT2D eigenvalue weighted by Crippen LogP contribution is 2.25. The minimum absolute atomic E-state index is 0.985. The second kappa shape index (κ2) is 7.62. The van der Waals surface area contributed by atoms with Gasteiger partial charge in [-0.3, -0.25) is 0 Å². The zero-order valence-electron chi connectivity index (χ0n) is 13.6. The van der Waals surface area contributed by atoms with Gasteiger partial charge in [0, 0.05) is 35.1 Å². The molecule has 0 atom stereocenters. The predicted octanol–water partition coefficient (Wildman–Crippen LogP) is 4.50. The monoisotopic (exact) mass is 302 g/mol. The highest BCUT2D eigenvalue weighted by molar-refractivity contribution is 7.12. The van der Waals surface area contributed by atoms with E-state index in [1.54, 1.807) is 0 Å². The summed E-state index contributed by atoms with van der Waals surface area (Å²) in [5, 5.41) is 3.41. The molecule has 3 heteroatoms. The summed E-state index contributed by atoms with van der Waals surface area (Å²) in [5.74, 6) is 0. The lowest BCUT2D eigenvalue weighted by atomic mass is 10.1. The number of nitrogens with zero attached hydrogens (tertiary/aromatic N) is 1. The minimum Gasteiger partial charge on any atom is -0.367 e. The first-order valence-electron chi connectivity index (χ1n) is 7.74. The van der Waals surface area contributed by atoms with Gasteiger partial charge in [0.25, 0.3) is 0 Å². The van der Waals surface area contributed by atoms with Gasteiger partial charge in [0.05, 0.1) is 0 Å². The van der Waals surface area contributed by atoms with Crippen molar-refractivity contribution in [3.63, 3.8) is 0 Å². The van der Waals surface area contributed by atoms with Crippen molar-refractivity contribution < 1.29 is 0 Å². The van der Waals surface area contributed by atoms with Crippen molar-refractivity contribution in [2.45, 2.75) is 40.8 Å². The van der Waals surface area contributed by atoms with Crippen molar-refractivity contribution in [1.29, 1.82) is 0 Å². The molecule has 2 nitrogen and oxygen atoms in total. The molecule has 1 N–H and O–H groups in total. The summed E-state index contributed by atoms with van der Waals surface area (Å²) < 4.78 is 0. The van der Waals surface area contributed by atoms with Crippen LogP contribution in [0.2, 0.25) is 0 Å². The Morgan fingerprint density at radius 3 is 2.62 bits per heavy atom. The maximum absolute atomic E-state index is 3.41. The van der Waals surface area contributed by atoms with E-state index < -0.39 is 0 Å². The molecule has 0 aliphatic rings. The Balaban J connectivity index is 2.13. The molecule has 0 radical (unpaired) electrons. The minimum atomic E-state index is 0.985. The molecule has 0 aliphatic carbocycles. The zero-order chi connectivity index (χ0) is 15.2. The topological polar surface area (TPSA) is 15.3 Å². The van der Waals surface area contributed by atoms with Gasteiger partial charge in [-0.1, -0.05) is 19.1 Å². The van der Waals surface area contributed by atoms with Crippen LogP contribution in [0.5, 0.6) is 0 Å². The van der Waals surface area contributed by atoms with Crippen LogP contribution >= 0.6 is 11.3 Å². The average Bonchev–Trinajstić information content (AvgIpc) is 2.82. The fraction of sp³-hybridized carbons (Fsp3) is 0.444. The Labute approximate surface area is 132 Å². The molecular weight excluding hydrogens is 276 g/mol. The van der Waals surface area contributed by atoms with Gasteiger partial charge in [-0.15, -0.1) is 11.3 Å². The SMILES string of the molecule is CCNCc1cc(CN(CC)c2cccc(C)c2)c(C)s1. The van der Waals surface area contributed by atoms with Crippen molar-refractivity contribution >= 4 is 17.0 Å². The van der Waals surface area contributed by atoms with Crippen LogP contribution in [0.15, 0.2) is 30.3 Å². The quantitative estimate of drug-likeness (QED) is 0.810. The molecular formula is C18H26N2S. The number of aryl methyl sites for hydroxylation is 2. The molecule has 1 aromatic heterocycles. The smallest absolute Gasteiger partial charge is 0.0440 e. The van der Waals surface area contributed by atoms with E-state index in [9.17, 15) is 0 Å². The number of hydrogen-bond acceptors (Lipinski definition) is 3. The van der Waals surface area contributed by atoms with E-state index in [-0.39, 0.29) is 0 Å². The highest BCUT2D eigenvalue weighted by atomic mass is 32.1. The maximum atomic E-state index is 3.41. The summed E-state index contributed by atoms with van der Waals surface area (Å²) in [5.41, 5.74) is 4.09. The Hall–Kier alpha value is -1.32. The van der Waals surface area contributed by atoms with Crippen LogP contribution in [-0.2, 0) is 13.1 Å². The third-order valence-electron chi connectivity index (χ3n) is 3.73. The third kappa shape index (κ3) is 4.32. The lowest BCUT2D eigenvalue weighted by Crippen LogP contribution is -2.22. The van der Waals surface area contributed by atoms with Gasteiger partial charge in [-0.05, 0) is 56.6 Å². The van der Waals surface area contributed by atoms with Gasteiger partial charge in [0.1, 0.15) is 0 Å². The van der Waals surface area contributed by atoms with E-state index >= 15 is 0 Å². The normalized spacial score (nSPS) is 10.9. The van der Waals surface area contributed by atoms with Gasteiger partial charge >= 0.3 is 0 Å². The van der Waals surface area contributed by atoms with Gasteiger partial charge < -0.3 is 10.2 Å². The average molecular weight is 302 g/mol. The van der Waals surface area contributed by atoms with Gasteiger partial charge in [-0.2, -0.15) is 0 Å². The van der Waals surface area contributed by atoms with Crippen LogP contribution in [0.4, 0.5) is 5.69 Å². The van der Waals surface area contributed by atoms with E-state index in [4.69, 9.17) is 0 Å². The maximum Gasteiger partial charge on any atom is 0.0440 e. The first kappa shape index (κ1) is 16.1. The van der Waals surface area contributed by atoms with Crippen molar-refractivity contribution in [3.05, 3.63) is 51.2 Å². The van der Waals surface area contributed by atoms with Crippen LogP contribution in [0.3, 0.4) is 0 Å². The van der Waals surface area contributed by atoms with E-state index in [1.165, 1.54) is 26.6 Å². The number of nitrogens with one attached hydrogen (secondary N) is 1. The summed E-state index contributed by atoms with van der Waals surface area (Å²) in [6.45, 7) is 12.8. The van der Waals surface area contributed by atoms with E-state index in [1.807, 2.05) is 11.3 Å². The lowest BCUT2D eigenvalue weighted by molar-refractivity contribution is 0.734. The molecule has 0 amide bonds. The molecule has 1 heterocycles. The first-order valence-corrected chi connectivity index (χ1v) is 8.56. The standard InChI is InChI=1S/C18H26N2S/c1-5-19-12-18-11-16(15(4)21-18)13-20(6-2)17-9-7-8-14(3)10-17/h7-11,19H,5-6,12-13H2,1-4H3. The first-order chi connectivity index (χ1) is 10.1. The van der Waals surface area contributed by atoms with E-state index in [0.717, 1.165) is 26.2 Å². The zero-order valence-corrected chi connectivity index (χ0v) is 14.4. The molecule has 0 saturated carbocycles. The molecule has 0 unspecified atom stereocenters. The third-order valence-corrected chi connectivity index (χ3v) is 4.82. The fourth-order valence-electron chi connectivity index (χ4n) is 2.50. The van der Waals surface area contributed by atoms with Crippen LogP contribution in [0.1, 0.15) is 34.7 Å². The highest BCUT2D eigenvalue weighted by Gasteiger charge is 2.10. The second-order valence-corrected chi connectivity index (χ2v) is 6.77. The molecule has 21 heavy (non-hydrogen) atoms. The summed E-state index contributed by atoms with van der Waals surface area (Å²) in [6, 6.07) is 11.1. The van der Waals surface area contributed by atoms with Crippen LogP contribution in [-0.4, -0.2) is 13.1 Å². The van der Waals surface area contributed by atoms with Crippen molar-refractivity contribution in [2.24, 2.45) is 0 Å². The lowest BCUT2D eigenvalue weighted by Gasteiger charge is -2.23. The Morgan fingerprint density at radius 2 is 1.95 bits per heavy atom. The number of thiophene rings is 1. The number of rotatable bonds is 7. The molecule has 0 aliphatic heterocycles. The van der Waals surface area contributed by atoms with Crippen LogP contribution in [0, 0.1) is 13.8 Å². The second-order valence-electron chi connectivity index (χ2n) is 5.43. The summed E-state index contributed by atoms with van der Waals surface area (Å²) >= 11 is 1.92. The summed E-state index contributed by atoms with van der Waals surface area (Å²) in [7, 11) is 0. The Kier molecular flexibility index (Phi) is 5.83. The Morgan fingerprint density at radius 1 is 1.14 bits per heavy atom. The largest absolute Gasteiger partial charge is 0.367 e. The molecule has 2 rings (SSSR count). The van der Waals surface area contributed by atoms with E-state index in [2.05, 4.69) is 68.2 Å². The molecule has 0 fully saturated rings. The molecule has 0 spiro atoms. The number of hydrogen-bond donors (Lipinski definition) is 1. The van der Waals surface area contributed by atoms with Crippen LogP contribution in [0.25, 0.3) is 0 Å². The van der Waals surface area contributed by atoms with Gasteiger partial charge in [0.2, 0.25) is 0 Å². The van der Waals surface area contributed by atoms with Gasteiger partial charge in [-0.25, -0.2) is 0 Å². The molecule has 0 saturated heterocycles. The molecule has 0 bridgehead atoms. The number of anilines is 1. The van der Waals surface area contributed by atoms with Crippen molar-refractivity contribution in [3.8, 4) is 0 Å². The number of benzene rings is 1. The van der Waals surface area contributed by atoms with E-state index in [0.29, 0.717) is 0 Å². The fourth-order valence-corrected chi connectivity index (χ4v) is 3.52. The Bertz CT molecular complexity index is 574.